The van der Waals surface area contributed by atoms with Gasteiger partial charge in [-0.05, 0) is 13.0 Å². The van der Waals surface area contributed by atoms with Gasteiger partial charge in [-0.2, -0.15) is 0 Å². The van der Waals surface area contributed by atoms with Crippen LogP contribution >= 0.6 is 24.2 Å². The third-order valence-electron chi connectivity index (χ3n) is 3.47. The van der Waals surface area contributed by atoms with Gasteiger partial charge in [-0.25, -0.2) is 0 Å². The van der Waals surface area contributed by atoms with Crippen LogP contribution in [0.15, 0.2) is 35.4 Å². The van der Waals surface area contributed by atoms with Crippen molar-refractivity contribution in [2.45, 2.75) is 6.42 Å². The molecule has 2 rings (SSSR count). The third-order valence-corrected chi connectivity index (χ3v) is 4.51. The molecule has 1 N–H and O–H groups in total. The number of hydrogen-bond donors (Lipinski definition) is 1. The average Bonchev–Trinajstić information content (AvgIpc) is 2.54. The minimum Gasteiger partial charge on any atom is -0.382 e. The molecule has 0 radical (unpaired) electrons. The van der Waals surface area contributed by atoms with Crippen molar-refractivity contribution in [3.63, 3.8) is 0 Å². The molecule has 0 bridgehead atoms. The van der Waals surface area contributed by atoms with Crippen LogP contribution in [0, 0.1) is 0 Å². The lowest BCUT2D eigenvalue weighted by Gasteiger charge is -2.26. The lowest BCUT2D eigenvalue weighted by molar-refractivity contribution is -0.115. The molecule has 0 aromatic heterocycles. The van der Waals surface area contributed by atoms with Crippen LogP contribution in [0.4, 0.5) is 0 Å². The van der Waals surface area contributed by atoms with Gasteiger partial charge in [-0.1, -0.05) is 6.08 Å². The molecule has 2 aliphatic rings. The number of hydrogen-bond acceptors (Lipinski definition) is 6. The number of halogens is 1. The van der Waals surface area contributed by atoms with Crippen LogP contribution in [-0.2, 0) is 14.3 Å². The highest BCUT2D eigenvalue weighted by Crippen LogP contribution is 2.21. The summed E-state index contributed by atoms with van der Waals surface area (Å²) >= 11 is 1.34. The van der Waals surface area contributed by atoms with E-state index in [-0.39, 0.29) is 24.0 Å². The number of carbonyl (C=O) groups is 2. The van der Waals surface area contributed by atoms with Gasteiger partial charge in [0.2, 0.25) is 5.78 Å². The molecular weight excluding hydrogens is 336 g/mol. The van der Waals surface area contributed by atoms with Gasteiger partial charge in [-0.15, -0.1) is 30.7 Å². The Balaban J connectivity index is 0.00000264. The van der Waals surface area contributed by atoms with Gasteiger partial charge in [0.25, 0.3) is 0 Å². The van der Waals surface area contributed by atoms with Gasteiger partial charge < -0.3 is 10.1 Å². The van der Waals surface area contributed by atoms with E-state index >= 15 is 0 Å². The minimum atomic E-state index is -0.127. The molecule has 23 heavy (non-hydrogen) atoms. The van der Waals surface area contributed by atoms with E-state index in [9.17, 15) is 9.59 Å². The first kappa shape index (κ1) is 20.0. The lowest BCUT2D eigenvalue weighted by Crippen LogP contribution is -2.38. The third kappa shape index (κ3) is 6.51. The van der Waals surface area contributed by atoms with E-state index in [1.54, 1.807) is 6.08 Å². The fourth-order valence-electron chi connectivity index (χ4n) is 2.29. The van der Waals surface area contributed by atoms with Crippen molar-refractivity contribution in [2.75, 3.05) is 45.1 Å². The highest BCUT2D eigenvalue weighted by atomic mass is 35.5. The summed E-state index contributed by atoms with van der Waals surface area (Å²) < 4.78 is 5.30. The van der Waals surface area contributed by atoms with Gasteiger partial charge >= 0.3 is 0 Å². The first-order chi connectivity index (χ1) is 10.7. The Labute approximate surface area is 147 Å². The number of rotatable bonds is 8. The largest absolute Gasteiger partial charge is 0.382 e. The second kappa shape index (κ2) is 10.6. The fourth-order valence-corrected chi connectivity index (χ4v) is 2.98. The molecule has 0 aromatic rings. The highest BCUT2D eigenvalue weighted by molar-refractivity contribution is 8.04. The molecule has 0 spiro atoms. The molecule has 0 amide bonds. The van der Waals surface area contributed by atoms with Gasteiger partial charge in [0.1, 0.15) is 0 Å². The zero-order valence-corrected chi connectivity index (χ0v) is 14.7. The summed E-state index contributed by atoms with van der Waals surface area (Å²) in [5, 5.41) is 3.08. The monoisotopic (exact) mass is 358 g/mol. The van der Waals surface area contributed by atoms with Crippen LogP contribution in [0.2, 0.25) is 0 Å². The van der Waals surface area contributed by atoms with Crippen molar-refractivity contribution >= 4 is 35.7 Å². The minimum absolute atomic E-state index is 0. The second-order valence-electron chi connectivity index (χ2n) is 5.13. The summed E-state index contributed by atoms with van der Waals surface area (Å²) in [7, 11) is 0. The van der Waals surface area contributed by atoms with Crippen LogP contribution in [0.5, 0.6) is 0 Å². The van der Waals surface area contributed by atoms with E-state index in [4.69, 9.17) is 4.74 Å². The van der Waals surface area contributed by atoms with Crippen LogP contribution in [0.3, 0.4) is 0 Å². The molecule has 1 aliphatic carbocycles. The predicted molar refractivity (Wildman–Crippen MR) is 96.0 cm³/mol. The second-order valence-corrected chi connectivity index (χ2v) is 6.19. The smallest absolute Gasteiger partial charge is 0.203 e. The van der Waals surface area contributed by atoms with Crippen molar-refractivity contribution in [3.8, 4) is 0 Å². The van der Waals surface area contributed by atoms with Gasteiger partial charge in [0, 0.05) is 37.5 Å². The summed E-state index contributed by atoms with van der Waals surface area (Å²) in [4.78, 5) is 26.7. The Morgan fingerprint density at radius 3 is 2.70 bits per heavy atom. The quantitative estimate of drug-likeness (QED) is 0.403. The summed E-state index contributed by atoms with van der Waals surface area (Å²) in [5.74, 6) is 0.390. The summed E-state index contributed by atoms with van der Waals surface area (Å²) in [6.45, 7) is 8.78. The Bertz CT molecular complexity index is 500. The molecule has 1 saturated heterocycles. The van der Waals surface area contributed by atoms with E-state index in [2.05, 4.69) is 16.8 Å². The van der Waals surface area contributed by atoms with Crippen molar-refractivity contribution in [2.24, 2.45) is 0 Å². The number of morpholine rings is 1. The maximum absolute atomic E-state index is 12.0. The molecule has 0 atom stereocenters. The van der Waals surface area contributed by atoms with Crippen LogP contribution in [0.25, 0.3) is 0 Å². The molecule has 1 aliphatic heterocycles. The molecule has 0 unspecified atom stereocenters. The topological polar surface area (TPSA) is 58.6 Å². The maximum atomic E-state index is 12.0. The van der Waals surface area contributed by atoms with Gasteiger partial charge in [0.05, 0.1) is 23.8 Å². The maximum Gasteiger partial charge on any atom is 0.203 e. The number of nitrogens with zero attached hydrogens (tertiary/aromatic N) is 1. The molecule has 1 heterocycles. The van der Waals surface area contributed by atoms with E-state index in [0.29, 0.717) is 22.9 Å². The van der Waals surface area contributed by atoms with Crippen molar-refractivity contribution in [3.05, 3.63) is 35.4 Å². The molecule has 0 saturated carbocycles. The first-order valence-electron chi connectivity index (χ1n) is 7.50. The van der Waals surface area contributed by atoms with Crippen LogP contribution in [-0.4, -0.2) is 61.6 Å². The van der Waals surface area contributed by atoms with Gasteiger partial charge in [0.15, 0.2) is 5.78 Å². The van der Waals surface area contributed by atoms with E-state index in [1.165, 1.54) is 23.9 Å². The van der Waals surface area contributed by atoms with Crippen LogP contribution < -0.4 is 5.32 Å². The normalized spacial score (nSPS) is 18.8. The van der Waals surface area contributed by atoms with E-state index < -0.39 is 0 Å². The molecule has 0 aromatic carbocycles. The van der Waals surface area contributed by atoms with Crippen molar-refractivity contribution in [1.29, 1.82) is 0 Å². The number of nitrogens with one attached hydrogen (secondary N) is 1. The molecule has 7 heteroatoms. The Hall–Kier alpha value is -1.08. The zero-order valence-electron chi connectivity index (χ0n) is 13.1. The number of ether oxygens (including phenoxy) is 1. The fraction of sp³-hybridized carbons (Fsp3) is 0.500. The average molecular weight is 359 g/mol. The highest BCUT2D eigenvalue weighted by Gasteiger charge is 2.20. The number of allylic oxidation sites excluding steroid dienone is 3. The first-order valence-corrected chi connectivity index (χ1v) is 8.49. The number of carbonyl (C=O) groups excluding carboxylic acids is 2. The molecule has 1 fully saturated rings. The van der Waals surface area contributed by atoms with Crippen LogP contribution in [0.1, 0.15) is 6.42 Å². The van der Waals surface area contributed by atoms with Gasteiger partial charge in [-0.3, -0.25) is 14.5 Å². The Morgan fingerprint density at radius 2 is 2.00 bits per heavy atom. The zero-order chi connectivity index (χ0) is 15.8. The lowest BCUT2D eigenvalue weighted by atomic mass is 10.1. The molecule has 128 valence electrons. The Kier molecular flexibility index (Phi) is 9.24. The SMILES string of the molecule is C=CCSC1=CC(=O)C(NCCCN2CCOCC2)=CC1=O.Cl. The van der Waals surface area contributed by atoms with E-state index in [0.717, 1.165) is 39.3 Å². The number of thioether (sulfide) groups is 1. The number of ketones is 2. The Morgan fingerprint density at radius 1 is 1.26 bits per heavy atom. The predicted octanol–water partition coefficient (Wildman–Crippen LogP) is 1.56. The molecular formula is C16H23ClN2O3S. The summed E-state index contributed by atoms with van der Waals surface area (Å²) in [5.41, 5.74) is 0.398. The van der Waals surface area contributed by atoms with E-state index in [1.807, 2.05) is 0 Å². The van der Waals surface area contributed by atoms with Crippen molar-refractivity contribution in [1.82, 2.24) is 10.2 Å². The summed E-state index contributed by atoms with van der Waals surface area (Å²) in [6.07, 6.45) is 5.47. The molecule has 5 nitrogen and oxygen atoms in total. The summed E-state index contributed by atoms with van der Waals surface area (Å²) in [6, 6.07) is 0. The van der Waals surface area contributed by atoms with Crippen molar-refractivity contribution < 1.29 is 14.3 Å². The standard InChI is InChI=1S/C16H22N2O3S.ClH/c1-2-10-22-16-12-14(19)13(11-15(16)20)17-4-3-5-18-6-8-21-9-7-18;/h2,11-12,17H,1,3-10H2;1H.